The molecule has 28 heavy (non-hydrogen) atoms. The number of hydrogen-bond acceptors (Lipinski definition) is 5. The molecule has 1 saturated heterocycles. The first-order valence-corrected chi connectivity index (χ1v) is 10.2. The van der Waals surface area contributed by atoms with Crippen molar-refractivity contribution in [1.82, 2.24) is 24.6 Å². The van der Waals surface area contributed by atoms with Gasteiger partial charge in [-0.1, -0.05) is 36.4 Å². The number of hydrogen-bond donors (Lipinski definition) is 0. The summed E-state index contributed by atoms with van der Waals surface area (Å²) < 4.78 is 2.29. The van der Waals surface area contributed by atoms with Gasteiger partial charge in [-0.3, -0.25) is 4.90 Å². The molecule has 2 aromatic heterocycles. The molecule has 0 atom stereocenters. The topological polar surface area (TPSA) is 50.1 Å². The van der Waals surface area contributed by atoms with Crippen LogP contribution in [0.2, 0.25) is 0 Å². The summed E-state index contributed by atoms with van der Waals surface area (Å²) in [5.74, 6) is 3.25. The second-order valence-corrected chi connectivity index (χ2v) is 7.78. The maximum Gasteiger partial charge on any atom is 0.147 e. The number of pyridine rings is 1. The van der Waals surface area contributed by atoms with Crippen molar-refractivity contribution in [3.8, 4) is 0 Å². The second-order valence-electron chi connectivity index (χ2n) is 7.78. The van der Waals surface area contributed by atoms with Crippen LogP contribution in [0.5, 0.6) is 0 Å². The minimum atomic E-state index is 0.843. The van der Waals surface area contributed by atoms with Crippen molar-refractivity contribution in [2.24, 2.45) is 0 Å². The molecule has 0 bridgehead atoms. The zero-order chi connectivity index (χ0) is 18.8. The zero-order valence-electron chi connectivity index (χ0n) is 16.2. The van der Waals surface area contributed by atoms with Gasteiger partial charge >= 0.3 is 0 Å². The van der Waals surface area contributed by atoms with Crippen LogP contribution < -0.4 is 4.90 Å². The first-order valence-electron chi connectivity index (χ1n) is 10.2. The zero-order valence-corrected chi connectivity index (χ0v) is 16.2. The van der Waals surface area contributed by atoms with E-state index in [1.807, 2.05) is 12.3 Å². The highest BCUT2D eigenvalue weighted by Crippen LogP contribution is 2.20. The van der Waals surface area contributed by atoms with E-state index in [0.717, 1.165) is 63.2 Å². The molecule has 0 unspecified atom stereocenters. The van der Waals surface area contributed by atoms with Gasteiger partial charge < -0.3 is 9.47 Å². The van der Waals surface area contributed by atoms with Crippen LogP contribution >= 0.6 is 0 Å². The molecule has 0 amide bonds. The average molecular weight is 374 g/mol. The van der Waals surface area contributed by atoms with E-state index in [1.54, 1.807) is 0 Å². The van der Waals surface area contributed by atoms with E-state index in [0.29, 0.717) is 0 Å². The summed E-state index contributed by atoms with van der Waals surface area (Å²) in [4.78, 5) is 9.50. The SMILES string of the molecule is c1ccc(Cc2nnc3n2CCN(Cc2ccc(N4CCCC4)nc2)C3)cc1. The van der Waals surface area contributed by atoms with Crippen molar-refractivity contribution >= 4 is 5.82 Å². The highest BCUT2D eigenvalue weighted by molar-refractivity contribution is 5.40. The summed E-state index contributed by atoms with van der Waals surface area (Å²) in [5.41, 5.74) is 2.55. The molecule has 3 aromatic rings. The van der Waals surface area contributed by atoms with E-state index >= 15 is 0 Å². The number of rotatable bonds is 5. The summed E-state index contributed by atoms with van der Waals surface area (Å²) in [6.07, 6.45) is 5.44. The lowest BCUT2D eigenvalue weighted by atomic mass is 10.1. The number of fused-ring (bicyclic) bond motifs is 1. The van der Waals surface area contributed by atoms with Crippen LogP contribution in [0.4, 0.5) is 5.82 Å². The Morgan fingerprint density at radius 1 is 0.821 bits per heavy atom. The quantitative estimate of drug-likeness (QED) is 0.687. The first-order chi connectivity index (χ1) is 13.8. The maximum absolute atomic E-state index is 4.69. The van der Waals surface area contributed by atoms with Crippen LogP contribution in [0, 0.1) is 0 Å². The summed E-state index contributed by atoms with van der Waals surface area (Å²) >= 11 is 0. The third-order valence-electron chi connectivity index (χ3n) is 5.76. The molecule has 1 aromatic carbocycles. The largest absolute Gasteiger partial charge is 0.357 e. The van der Waals surface area contributed by atoms with Crippen LogP contribution in [-0.2, 0) is 26.1 Å². The lowest BCUT2D eigenvalue weighted by molar-refractivity contribution is 0.207. The van der Waals surface area contributed by atoms with E-state index in [2.05, 4.69) is 65.9 Å². The van der Waals surface area contributed by atoms with Crippen LogP contribution in [0.1, 0.15) is 35.6 Å². The van der Waals surface area contributed by atoms with Crippen molar-refractivity contribution in [3.63, 3.8) is 0 Å². The van der Waals surface area contributed by atoms with Gasteiger partial charge in [0.05, 0.1) is 6.54 Å². The molecule has 0 saturated carbocycles. The Morgan fingerprint density at radius 3 is 2.46 bits per heavy atom. The fourth-order valence-electron chi connectivity index (χ4n) is 4.21. The van der Waals surface area contributed by atoms with Gasteiger partial charge in [-0.15, -0.1) is 10.2 Å². The molecule has 5 rings (SSSR count). The van der Waals surface area contributed by atoms with Crippen molar-refractivity contribution in [3.05, 3.63) is 71.4 Å². The molecule has 2 aliphatic heterocycles. The predicted molar refractivity (Wildman–Crippen MR) is 109 cm³/mol. The molecular formula is C22H26N6. The Bertz CT molecular complexity index is 912. The molecule has 144 valence electrons. The third-order valence-corrected chi connectivity index (χ3v) is 5.76. The summed E-state index contributed by atoms with van der Waals surface area (Å²) in [6, 6.07) is 14.9. The second kappa shape index (κ2) is 7.72. The monoisotopic (exact) mass is 374 g/mol. The van der Waals surface area contributed by atoms with Gasteiger partial charge in [-0.05, 0) is 30.0 Å². The smallest absolute Gasteiger partial charge is 0.147 e. The van der Waals surface area contributed by atoms with E-state index in [1.165, 1.54) is 24.0 Å². The number of benzene rings is 1. The van der Waals surface area contributed by atoms with Gasteiger partial charge in [-0.2, -0.15) is 0 Å². The van der Waals surface area contributed by atoms with Gasteiger partial charge in [0.2, 0.25) is 0 Å². The first kappa shape index (κ1) is 17.4. The molecule has 0 spiro atoms. The number of aromatic nitrogens is 4. The van der Waals surface area contributed by atoms with Crippen molar-refractivity contribution in [2.75, 3.05) is 24.5 Å². The van der Waals surface area contributed by atoms with Gasteiger partial charge in [0.15, 0.2) is 0 Å². The lowest BCUT2D eigenvalue weighted by Gasteiger charge is -2.27. The summed E-state index contributed by atoms with van der Waals surface area (Å²) in [5, 5.41) is 8.92. The molecule has 6 heteroatoms. The Labute approximate surface area is 165 Å². The minimum Gasteiger partial charge on any atom is -0.357 e. The van der Waals surface area contributed by atoms with E-state index in [-0.39, 0.29) is 0 Å². The molecule has 6 nitrogen and oxygen atoms in total. The van der Waals surface area contributed by atoms with Crippen LogP contribution in [-0.4, -0.2) is 44.3 Å². The van der Waals surface area contributed by atoms with Gasteiger partial charge in [0.25, 0.3) is 0 Å². The minimum absolute atomic E-state index is 0.843. The predicted octanol–water partition coefficient (Wildman–Crippen LogP) is 2.88. The summed E-state index contributed by atoms with van der Waals surface area (Å²) in [7, 11) is 0. The van der Waals surface area contributed by atoms with Crippen molar-refractivity contribution in [2.45, 2.75) is 38.9 Å². The molecule has 2 aliphatic rings. The number of anilines is 1. The molecular weight excluding hydrogens is 348 g/mol. The van der Waals surface area contributed by atoms with Crippen LogP contribution in [0.25, 0.3) is 0 Å². The fraction of sp³-hybridized carbons (Fsp3) is 0.409. The maximum atomic E-state index is 4.69. The Kier molecular flexibility index (Phi) is 4.79. The highest BCUT2D eigenvalue weighted by Gasteiger charge is 2.21. The molecule has 0 radical (unpaired) electrons. The van der Waals surface area contributed by atoms with Gasteiger partial charge in [-0.25, -0.2) is 4.98 Å². The highest BCUT2D eigenvalue weighted by atomic mass is 15.3. The van der Waals surface area contributed by atoms with Crippen molar-refractivity contribution < 1.29 is 0 Å². The van der Waals surface area contributed by atoms with E-state index < -0.39 is 0 Å². The molecule has 0 N–H and O–H groups in total. The Balaban J connectivity index is 1.23. The summed E-state index contributed by atoms with van der Waals surface area (Å²) in [6.45, 7) is 5.99. The number of nitrogens with zero attached hydrogens (tertiary/aromatic N) is 6. The van der Waals surface area contributed by atoms with Gasteiger partial charge in [0.1, 0.15) is 17.5 Å². The van der Waals surface area contributed by atoms with Crippen LogP contribution in [0.3, 0.4) is 0 Å². The molecule has 4 heterocycles. The van der Waals surface area contributed by atoms with Gasteiger partial charge in [0, 0.05) is 45.3 Å². The Hall–Kier alpha value is -2.73. The van der Waals surface area contributed by atoms with Crippen molar-refractivity contribution in [1.29, 1.82) is 0 Å². The van der Waals surface area contributed by atoms with E-state index in [4.69, 9.17) is 0 Å². The standard InChI is InChI=1S/C22H26N6/c1-2-6-18(7-3-1)14-21-24-25-22-17-26(12-13-28(21)22)16-19-8-9-20(23-15-19)27-10-4-5-11-27/h1-3,6-9,15H,4-5,10-14,16-17H2. The van der Waals surface area contributed by atoms with E-state index in [9.17, 15) is 0 Å². The lowest BCUT2D eigenvalue weighted by Crippen LogP contribution is -2.34. The fourth-order valence-corrected chi connectivity index (χ4v) is 4.21. The Morgan fingerprint density at radius 2 is 1.68 bits per heavy atom. The molecule has 0 aliphatic carbocycles. The van der Waals surface area contributed by atoms with Crippen LogP contribution in [0.15, 0.2) is 48.7 Å². The average Bonchev–Trinajstić information content (AvgIpc) is 3.40. The third kappa shape index (κ3) is 3.64. The molecule has 1 fully saturated rings. The normalized spacial score (nSPS) is 17.1.